The van der Waals surface area contributed by atoms with Gasteiger partial charge in [-0.25, -0.2) is 13.1 Å². The first-order valence-corrected chi connectivity index (χ1v) is 27.9. The number of aliphatic carboxylic acids is 2. The minimum Gasteiger partial charge on any atom is -0.481 e. The first kappa shape index (κ1) is 72.8. The molecular formula is C50H84N16O16S. The molecule has 1 unspecified atom stereocenters. The Hall–Kier alpha value is -8.20. The molecule has 22 N–H and O–H groups in total. The lowest BCUT2D eigenvalue weighted by atomic mass is 9.87. The lowest BCUT2D eigenvalue weighted by molar-refractivity contribution is -0.142. The van der Waals surface area contributed by atoms with Crippen molar-refractivity contribution in [3.05, 3.63) is 29.8 Å². The standard InChI is InChI=1S/C50H84N16O16S/c1-25(2)19-32(42(75)60-30(40(51)73)11-9-17-56-48(52)53)62-47(80)37(24-67)66-45(78)35(22-39(71)72)63-43(76)33(20-26(3)4)61-44(77)34(21-38(69)70)64-46(79)36(65-41(74)31(59-27(5)68)12-10-18-57-49(54)55)23-58-83(81,82)29-15-13-28(14-16-29)50(6,7)8/h13-16,25-26,30-37,58,67H,9-12,17-24H2,1-8H3,(H2,51,73)(H,59,68)(H,60,75)(H,61,77)(H,62,80)(H,63,76)(H,64,79)(H,65,74)(H,66,78)(H,69,70)(H,71,72)(H4,52,53,56)(H4,54,55,57)/t30-,31-,32-,33-,34-,35-,36?,37-/m0/s1. The van der Waals surface area contributed by atoms with Crippen LogP contribution in [0.5, 0.6) is 0 Å². The number of nitrogens with zero attached hydrogens (tertiary/aromatic N) is 2. The SMILES string of the molecule is CC(=O)N[C@@H](CCCN=C(N)N)C(=O)NC(CNS(=O)(=O)c1ccc(C(C)(C)C)cc1)C(=O)N[C@@H](CC(=O)O)C(=O)N[C@@H](CC(C)C)C(=O)N[C@@H](CC(=O)O)C(=O)N[C@@H](CO)C(=O)N[C@@H](CC(C)C)C(=O)N[C@@H](CCCN=C(N)N)C(N)=O. The first-order chi connectivity index (χ1) is 38.5. The van der Waals surface area contributed by atoms with Crippen LogP contribution in [0.25, 0.3) is 0 Å². The van der Waals surface area contributed by atoms with Gasteiger partial charge < -0.3 is 86.5 Å². The summed E-state index contributed by atoms with van der Waals surface area (Å²) >= 11 is 0. The highest BCUT2D eigenvalue weighted by Gasteiger charge is 2.37. The fourth-order valence-corrected chi connectivity index (χ4v) is 8.75. The molecule has 0 aromatic heterocycles. The van der Waals surface area contributed by atoms with Crippen LogP contribution < -0.4 is 75.9 Å². The van der Waals surface area contributed by atoms with Crippen LogP contribution in [0.15, 0.2) is 39.1 Å². The molecule has 0 fully saturated rings. The third-order valence-corrected chi connectivity index (χ3v) is 13.3. The number of hydrogen-bond acceptors (Lipinski definition) is 16. The van der Waals surface area contributed by atoms with Gasteiger partial charge in [0, 0.05) is 26.6 Å². The largest absolute Gasteiger partial charge is 0.481 e. The summed E-state index contributed by atoms with van der Waals surface area (Å²) in [6.45, 7) is 11.5. The van der Waals surface area contributed by atoms with Gasteiger partial charge in [-0.15, -0.1) is 0 Å². The number of benzene rings is 1. The van der Waals surface area contributed by atoms with Crippen LogP contribution in [0.1, 0.15) is 112 Å². The Morgan fingerprint density at radius 3 is 1.24 bits per heavy atom. The summed E-state index contributed by atoms with van der Waals surface area (Å²) in [6.07, 6.45) is -2.39. The second-order valence-corrected chi connectivity index (χ2v) is 23.0. The van der Waals surface area contributed by atoms with E-state index in [0.717, 1.165) is 12.5 Å². The maximum atomic E-state index is 14.2. The van der Waals surface area contributed by atoms with Crippen LogP contribution >= 0.6 is 0 Å². The Balaban J connectivity index is 3.58. The molecule has 0 aliphatic heterocycles. The summed E-state index contributed by atoms with van der Waals surface area (Å²) in [5.41, 5.74) is 27.3. The summed E-state index contributed by atoms with van der Waals surface area (Å²) < 4.78 is 29.4. The van der Waals surface area contributed by atoms with E-state index in [1.54, 1.807) is 39.8 Å². The quantitative estimate of drug-likeness (QED) is 0.0168. The number of carbonyl (C=O) groups excluding carboxylic acids is 9. The number of hydrogen-bond donors (Lipinski definition) is 17. The third kappa shape index (κ3) is 28.4. The Morgan fingerprint density at radius 2 is 0.867 bits per heavy atom. The van der Waals surface area contributed by atoms with E-state index >= 15 is 0 Å². The van der Waals surface area contributed by atoms with Crippen molar-refractivity contribution in [1.82, 2.24) is 47.3 Å². The molecule has 0 radical (unpaired) electrons. The molecule has 0 heterocycles. The van der Waals surface area contributed by atoms with E-state index in [1.807, 2.05) is 20.8 Å². The second-order valence-electron chi connectivity index (χ2n) is 21.2. The van der Waals surface area contributed by atoms with Crippen molar-refractivity contribution in [3.8, 4) is 0 Å². The number of amides is 9. The number of carbonyl (C=O) groups is 11. The molecule has 0 saturated heterocycles. The first-order valence-electron chi connectivity index (χ1n) is 26.4. The number of aliphatic hydroxyl groups is 1. The number of aliphatic imine (C=N–C) groups is 2. The van der Waals surface area contributed by atoms with Crippen molar-refractivity contribution in [2.45, 2.75) is 165 Å². The van der Waals surface area contributed by atoms with Crippen LogP contribution in [-0.2, 0) is 68.2 Å². The molecule has 466 valence electrons. The molecule has 0 spiro atoms. The molecule has 33 heteroatoms. The summed E-state index contributed by atoms with van der Waals surface area (Å²) in [7, 11) is -4.45. The van der Waals surface area contributed by atoms with Gasteiger partial charge in [-0.1, -0.05) is 60.6 Å². The zero-order chi connectivity index (χ0) is 63.5. The zero-order valence-corrected chi connectivity index (χ0v) is 48.7. The molecule has 8 atom stereocenters. The molecule has 0 aliphatic rings. The maximum absolute atomic E-state index is 14.2. The zero-order valence-electron chi connectivity index (χ0n) is 47.9. The van der Waals surface area contributed by atoms with Gasteiger partial charge in [-0.05, 0) is 73.5 Å². The molecule has 0 aliphatic carbocycles. The van der Waals surface area contributed by atoms with Crippen molar-refractivity contribution >= 4 is 87.0 Å². The Labute approximate surface area is 481 Å². The van der Waals surface area contributed by atoms with E-state index in [1.165, 1.54) is 12.1 Å². The van der Waals surface area contributed by atoms with Crippen molar-refractivity contribution in [2.75, 3.05) is 26.2 Å². The van der Waals surface area contributed by atoms with Gasteiger partial charge >= 0.3 is 11.9 Å². The molecule has 9 amide bonds. The minimum atomic E-state index is -4.45. The van der Waals surface area contributed by atoms with Crippen LogP contribution in [0, 0.1) is 11.8 Å². The van der Waals surface area contributed by atoms with Crippen LogP contribution in [-0.4, -0.2) is 175 Å². The van der Waals surface area contributed by atoms with E-state index < -0.39 is 155 Å². The average molecular weight is 1200 g/mol. The van der Waals surface area contributed by atoms with Gasteiger partial charge in [0.05, 0.1) is 24.3 Å². The molecule has 83 heavy (non-hydrogen) atoms. The van der Waals surface area contributed by atoms with Gasteiger partial charge in [0.25, 0.3) is 0 Å². The van der Waals surface area contributed by atoms with Crippen LogP contribution in [0.2, 0.25) is 0 Å². The van der Waals surface area contributed by atoms with Crippen molar-refractivity contribution in [1.29, 1.82) is 0 Å². The van der Waals surface area contributed by atoms with E-state index in [0.29, 0.717) is 0 Å². The number of nitrogens with one attached hydrogen (secondary N) is 9. The highest BCUT2D eigenvalue weighted by molar-refractivity contribution is 7.89. The second kappa shape index (κ2) is 34.9. The van der Waals surface area contributed by atoms with Crippen LogP contribution in [0.4, 0.5) is 0 Å². The number of guanidine groups is 2. The lowest BCUT2D eigenvalue weighted by Gasteiger charge is -2.28. The predicted molar refractivity (Wildman–Crippen MR) is 301 cm³/mol. The average Bonchev–Trinajstić information content (AvgIpc) is 3.36. The molecule has 1 rings (SSSR count). The number of aliphatic hydroxyl groups excluding tert-OH is 1. The Bertz CT molecular complexity index is 2600. The van der Waals surface area contributed by atoms with Gasteiger partial charge in [-0.2, -0.15) is 0 Å². The number of primary amides is 1. The third-order valence-electron chi connectivity index (χ3n) is 11.9. The van der Waals surface area contributed by atoms with Gasteiger partial charge in [0.2, 0.25) is 63.2 Å². The Kier molecular flexibility index (Phi) is 30.7. The molecule has 1 aromatic rings. The van der Waals surface area contributed by atoms with Crippen molar-refractivity contribution in [3.63, 3.8) is 0 Å². The Morgan fingerprint density at radius 1 is 0.518 bits per heavy atom. The van der Waals surface area contributed by atoms with E-state index in [-0.39, 0.29) is 79.8 Å². The van der Waals surface area contributed by atoms with E-state index in [2.05, 4.69) is 57.2 Å². The van der Waals surface area contributed by atoms with Crippen LogP contribution in [0.3, 0.4) is 0 Å². The monoisotopic (exact) mass is 1200 g/mol. The fraction of sp³-hybridized carbons (Fsp3) is 0.620. The molecule has 0 saturated carbocycles. The number of nitrogens with two attached hydrogens (primary N) is 5. The lowest BCUT2D eigenvalue weighted by Crippen LogP contribution is -2.62. The topological polar surface area (TPSA) is 546 Å². The molecular weight excluding hydrogens is 1110 g/mol. The van der Waals surface area contributed by atoms with E-state index in [4.69, 9.17) is 28.7 Å². The smallest absolute Gasteiger partial charge is 0.305 e. The molecule has 32 nitrogen and oxygen atoms in total. The summed E-state index contributed by atoms with van der Waals surface area (Å²) in [5.74, 6) is -14.4. The summed E-state index contributed by atoms with van der Waals surface area (Å²) in [4.78, 5) is 153. The molecule has 0 bridgehead atoms. The highest BCUT2D eigenvalue weighted by Crippen LogP contribution is 2.23. The predicted octanol–water partition coefficient (Wildman–Crippen LogP) is -5.21. The van der Waals surface area contributed by atoms with Gasteiger partial charge in [0.15, 0.2) is 11.9 Å². The summed E-state index contributed by atoms with van der Waals surface area (Å²) in [6, 6.07) is -7.88. The van der Waals surface area contributed by atoms with Gasteiger partial charge in [-0.3, -0.25) is 62.7 Å². The number of carboxylic acids is 2. The number of carboxylic acid groups (broad SMARTS) is 2. The van der Waals surface area contributed by atoms with Crippen molar-refractivity contribution in [2.24, 2.45) is 50.5 Å². The highest BCUT2D eigenvalue weighted by atomic mass is 32.2. The normalized spacial score (nSPS) is 14.3. The molecule has 1 aromatic carbocycles. The van der Waals surface area contributed by atoms with Gasteiger partial charge in [0.1, 0.15) is 48.3 Å². The minimum absolute atomic E-state index is 0.00640. The fourth-order valence-electron chi connectivity index (χ4n) is 7.70. The number of sulfonamides is 1. The summed E-state index contributed by atoms with van der Waals surface area (Å²) in [5, 5.41) is 48.3. The number of rotatable bonds is 37. The van der Waals surface area contributed by atoms with E-state index in [9.17, 15) is 76.5 Å². The van der Waals surface area contributed by atoms with Crippen molar-refractivity contribution < 1.29 is 76.5 Å². The maximum Gasteiger partial charge on any atom is 0.305 e.